The third kappa shape index (κ3) is 4.17. The van der Waals surface area contributed by atoms with Crippen molar-refractivity contribution in [2.45, 2.75) is 46.4 Å². The lowest BCUT2D eigenvalue weighted by molar-refractivity contribution is 0.427. The Balaban J connectivity index is 1.68. The van der Waals surface area contributed by atoms with Gasteiger partial charge in [0, 0.05) is 15.8 Å². The Labute approximate surface area is 167 Å². The Bertz CT molecular complexity index is 976. The molecule has 2 aliphatic rings. The van der Waals surface area contributed by atoms with Crippen LogP contribution in [0.4, 0.5) is 4.39 Å². The molecule has 1 saturated heterocycles. The summed E-state index contributed by atoms with van der Waals surface area (Å²) in [6.45, 7) is 1.59. The van der Waals surface area contributed by atoms with Crippen LogP contribution in [0.15, 0.2) is 45.0 Å². The van der Waals surface area contributed by atoms with Gasteiger partial charge in [0.05, 0.1) is 5.02 Å². The summed E-state index contributed by atoms with van der Waals surface area (Å²) in [5, 5.41) is 3.45. The van der Waals surface area contributed by atoms with Crippen molar-refractivity contribution in [2.24, 2.45) is 0 Å². The van der Waals surface area contributed by atoms with Gasteiger partial charge in [0.2, 0.25) is 10.0 Å². The third-order valence-corrected chi connectivity index (χ3v) is 8.16. The molecule has 2 N–H and O–H groups in total. The Morgan fingerprint density at radius 1 is 1.07 bits per heavy atom. The van der Waals surface area contributed by atoms with Crippen LogP contribution in [0.25, 0.3) is 0 Å². The highest BCUT2D eigenvalue weighted by Crippen LogP contribution is 2.40. The summed E-state index contributed by atoms with van der Waals surface area (Å²) in [5.41, 5.74) is 2.05. The summed E-state index contributed by atoms with van der Waals surface area (Å²) in [5.74, 6) is -0.293. The molecule has 0 bridgehead atoms. The van der Waals surface area contributed by atoms with Crippen molar-refractivity contribution in [1.82, 2.24) is 10.0 Å². The van der Waals surface area contributed by atoms with E-state index in [-0.39, 0.29) is 21.8 Å². The van der Waals surface area contributed by atoms with Gasteiger partial charge in [-0.1, -0.05) is 29.4 Å². The Hall–Kier alpha value is -1.12. The van der Waals surface area contributed by atoms with E-state index in [4.69, 9.17) is 11.6 Å². The second kappa shape index (κ2) is 7.72. The minimum atomic E-state index is -3.72. The number of halogens is 2. The molecule has 0 aromatic heterocycles. The van der Waals surface area contributed by atoms with Crippen LogP contribution in [-0.2, 0) is 22.9 Å². The van der Waals surface area contributed by atoms with Crippen LogP contribution in [0.1, 0.15) is 24.0 Å². The van der Waals surface area contributed by atoms with E-state index < -0.39 is 10.0 Å². The molecular formula is C19H20ClFN2O2S2. The Kier molecular flexibility index (Phi) is 5.49. The fraction of sp³-hybridized carbons (Fsp3) is 0.368. The number of hydrogen-bond acceptors (Lipinski definition) is 4. The average Bonchev–Trinajstić information content (AvgIpc) is 2.80. The normalized spacial score (nSPS) is 17.9. The minimum absolute atomic E-state index is 0.0893. The van der Waals surface area contributed by atoms with Crippen LogP contribution >= 0.6 is 23.4 Å². The molecule has 0 unspecified atom stereocenters. The SMILES string of the molecule is O=S(=O)(NC1CCNCC1)c1cc2c(cc1Cl)CCc1ccc(F)cc1S2. The van der Waals surface area contributed by atoms with Crippen molar-refractivity contribution in [3.05, 3.63) is 52.3 Å². The number of benzene rings is 2. The first-order valence-corrected chi connectivity index (χ1v) is 11.6. The van der Waals surface area contributed by atoms with Gasteiger partial charge in [0.25, 0.3) is 0 Å². The lowest BCUT2D eigenvalue weighted by Gasteiger charge is -2.24. The molecule has 0 saturated carbocycles. The molecule has 0 spiro atoms. The maximum atomic E-state index is 13.7. The third-order valence-electron chi connectivity index (χ3n) is 4.98. The highest BCUT2D eigenvalue weighted by atomic mass is 35.5. The fourth-order valence-corrected chi connectivity index (χ4v) is 6.65. The zero-order valence-corrected chi connectivity index (χ0v) is 17.0. The topological polar surface area (TPSA) is 58.2 Å². The summed E-state index contributed by atoms with van der Waals surface area (Å²) in [6, 6.07) is 8.04. The molecule has 2 aromatic carbocycles. The first-order chi connectivity index (χ1) is 12.9. The Morgan fingerprint density at radius 3 is 2.56 bits per heavy atom. The fourth-order valence-electron chi connectivity index (χ4n) is 3.51. The highest BCUT2D eigenvalue weighted by Gasteiger charge is 2.26. The first kappa shape index (κ1) is 19.2. The van der Waals surface area contributed by atoms with Crippen molar-refractivity contribution in [3.8, 4) is 0 Å². The first-order valence-electron chi connectivity index (χ1n) is 8.94. The van der Waals surface area contributed by atoms with E-state index in [0.717, 1.165) is 59.7 Å². The molecule has 4 rings (SSSR count). The zero-order valence-electron chi connectivity index (χ0n) is 14.6. The van der Waals surface area contributed by atoms with E-state index >= 15 is 0 Å². The van der Waals surface area contributed by atoms with Gasteiger partial charge in [-0.25, -0.2) is 17.5 Å². The number of piperidine rings is 1. The van der Waals surface area contributed by atoms with Gasteiger partial charge in [0.15, 0.2) is 0 Å². The van der Waals surface area contributed by atoms with Crippen LogP contribution in [0.5, 0.6) is 0 Å². The maximum Gasteiger partial charge on any atom is 0.242 e. The summed E-state index contributed by atoms with van der Waals surface area (Å²) in [7, 11) is -3.72. The van der Waals surface area contributed by atoms with Crippen molar-refractivity contribution in [1.29, 1.82) is 0 Å². The summed E-state index contributed by atoms with van der Waals surface area (Å²) in [6.07, 6.45) is 3.01. The molecule has 0 atom stereocenters. The molecule has 0 radical (unpaired) electrons. The van der Waals surface area contributed by atoms with Gasteiger partial charge in [-0.2, -0.15) is 0 Å². The molecule has 144 valence electrons. The van der Waals surface area contributed by atoms with Crippen LogP contribution in [0, 0.1) is 5.82 Å². The van der Waals surface area contributed by atoms with E-state index in [9.17, 15) is 12.8 Å². The molecule has 2 aromatic rings. The van der Waals surface area contributed by atoms with Crippen molar-refractivity contribution >= 4 is 33.4 Å². The number of nitrogens with one attached hydrogen (secondary N) is 2. The van der Waals surface area contributed by atoms with E-state index in [1.807, 2.05) is 0 Å². The van der Waals surface area contributed by atoms with E-state index in [1.165, 1.54) is 23.9 Å². The largest absolute Gasteiger partial charge is 0.317 e. The van der Waals surface area contributed by atoms with Gasteiger partial charge in [-0.05, 0) is 74.2 Å². The minimum Gasteiger partial charge on any atom is -0.317 e. The van der Waals surface area contributed by atoms with Gasteiger partial charge in [-0.3, -0.25) is 0 Å². The average molecular weight is 427 g/mol. The van der Waals surface area contributed by atoms with Crippen LogP contribution in [-0.4, -0.2) is 27.5 Å². The van der Waals surface area contributed by atoms with Gasteiger partial charge in [0.1, 0.15) is 10.7 Å². The number of fused-ring (bicyclic) bond motifs is 2. The standard InChI is InChI=1S/C19H20ClFN2O2S2/c20-16-9-13-2-1-12-3-4-14(21)10-17(12)26-18(13)11-19(16)27(24,25)23-15-5-7-22-8-6-15/h3-4,9-11,15,22-23H,1-2,5-8H2. The molecular weight excluding hydrogens is 407 g/mol. The van der Waals surface area contributed by atoms with E-state index in [0.29, 0.717) is 0 Å². The second-order valence-corrected chi connectivity index (χ2v) is 10.1. The van der Waals surface area contributed by atoms with Crippen LogP contribution in [0.3, 0.4) is 0 Å². The molecule has 2 aliphatic heterocycles. The lowest BCUT2D eigenvalue weighted by atomic mass is 10.0. The molecule has 8 heteroatoms. The van der Waals surface area contributed by atoms with Crippen LogP contribution in [0.2, 0.25) is 5.02 Å². The van der Waals surface area contributed by atoms with Crippen LogP contribution < -0.4 is 10.0 Å². The predicted molar refractivity (Wildman–Crippen MR) is 106 cm³/mol. The maximum absolute atomic E-state index is 13.7. The number of sulfonamides is 1. The summed E-state index contributed by atoms with van der Waals surface area (Å²) in [4.78, 5) is 1.73. The van der Waals surface area contributed by atoms with Gasteiger partial charge >= 0.3 is 0 Å². The molecule has 0 aliphatic carbocycles. The molecule has 27 heavy (non-hydrogen) atoms. The molecule has 1 fully saturated rings. The smallest absolute Gasteiger partial charge is 0.242 e. The zero-order chi connectivity index (χ0) is 19.0. The number of rotatable bonds is 3. The summed E-state index contributed by atoms with van der Waals surface area (Å²) < 4.78 is 42.2. The highest BCUT2D eigenvalue weighted by molar-refractivity contribution is 7.99. The molecule has 2 heterocycles. The lowest BCUT2D eigenvalue weighted by Crippen LogP contribution is -2.42. The quantitative estimate of drug-likeness (QED) is 0.784. The second-order valence-electron chi connectivity index (χ2n) is 6.89. The summed E-state index contributed by atoms with van der Waals surface area (Å²) >= 11 is 7.75. The van der Waals surface area contributed by atoms with E-state index in [1.54, 1.807) is 18.2 Å². The molecule has 0 amide bonds. The van der Waals surface area contributed by atoms with Crippen molar-refractivity contribution in [3.63, 3.8) is 0 Å². The predicted octanol–water partition coefficient (Wildman–Crippen LogP) is 3.76. The Morgan fingerprint density at radius 2 is 1.78 bits per heavy atom. The van der Waals surface area contributed by atoms with Gasteiger partial charge < -0.3 is 5.32 Å². The van der Waals surface area contributed by atoms with E-state index in [2.05, 4.69) is 10.0 Å². The monoisotopic (exact) mass is 426 g/mol. The number of hydrogen-bond donors (Lipinski definition) is 2. The van der Waals surface area contributed by atoms with Crippen molar-refractivity contribution in [2.75, 3.05) is 13.1 Å². The van der Waals surface area contributed by atoms with Crippen molar-refractivity contribution < 1.29 is 12.8 Å². The molecule has 4 nitrogen and oxygen atoms in total. The number of aryl methyl sites for hydroxylation is 2. The van der Waals surface area contributed by atoms with Gasteiger partial charge in [-0.15, -0.1) is 0 Å².